The predicted molar refractivity (Wildman–Crippen MR) is 51.1 cm³/mol. The number of carbonyl (C=O) groups excluding carboxylic acids is 1. The summed E-state index contributed by atoms with van der Waals surface area (Å²) in [6, 6.07) is 0. The van der Waals surface area contributed by atoms with E-state index in [0.29, 0.717) is 0 Å². The Bertz CT molecular complexity index is 143. The van der Waals surface area contributed by atoms with Crippen LogP contribution in [0.1, 0.15) is 46.0 Å². The van der Waals surface area contributed by atoms with Crippen molar-refractivity contribution in [2.75, 3.05) is 0 Å². The molecule has 0 aromatic heterocycles. The average molecular weight is 170 g/mol. The second-order valence-electron chi connectivity index (χ2n) is 2.83. The first-order valence-electron chi connectivity index (χ1n) is 4.55. The van der Waals surface area contributed by atoms with E-state index in [4.69, 9.17) is 0 Å². The number of hydrogen-bond donors (Lipinski definition) is 1. The summed E-state index contributed by atoms with van der Waals surface area (Å²) < 4.78 is 0. The zero-order valence-corrected chi connectivity index (χ0v) is 7.97. The van der Waals surface area contributed by atoms with Gasteiger partial charge in [-0.3, -0.25) is 4.79 Å². The maximum Gasteiger partial charge on any atom is 0.236 e. The molecule has 0 rings (SSSR count). The van der Waals surface area contributed by atoms with Crippen LogP contribution in [-0.2, 0) is 4.79 Å². The quantitative estimate of drug-likeness (QED) is 0.370. The van der Waals surface area contributed by atoms with Crippen molar-refractivity contribution in [2.45, 2.75) is 46.0 Å². The number of hydrogen-bond acceptors (Lipinski definition) is 2. The molecule has 0 heterocycles. The van der Waals surface area contributed by atoms with E-state index in [1.54, 1.807) is 6.21 Å². The molecule has 70 valence electrons. The van der Waals surface area contributed by atoms with E-state index < -0.39 is 0 Å². The lowest BCUT2D eigenvalue weighted by Crippen LogP contribution is -2.11. The Morgan fingerprint density at radius 3 is 2.75 bits per heavy atom. The van der Waals surface area contributed by atoms with Crippen molar-refractivity contribution < 1.29 is 4.79 Å². The lowest BCUT2D eigenvalue weighted by molar-refractivity contribution is -0.118. The molecule has 0 aromatic carbocycles. The topological polar surface area (TPSA) is 41.5 Å². The first kappa shape index (κ1) is 11.1. The summed E-state index contributed by atoms with van der Waals surface area (Å²) >= 11 is 0. The molecule has 0 spiro atoms. The van der Waals surface area contributed by atoms with Crippen LogP contribution in [0.25, 0.3) is 0 Å². The second kappa shape index (κ2) is 8.24. The van der Waals surface area contributed by atoms with Crippen molar-refractivity contribution in [1.82, 2.24) is 5.43 Å². The summed E-state index contributed by atoms with van der Waals surface area (Å²) in [5.41, 5.74) is 2.37. The predicted octanol–water partition coefficient (Wildman–Crippen LogP) is 2.08. The molecule has 0 aliphatic rings. The number of unbranched alkanes of at least 4 members (excludes halogenated alkanes) is 4. The van der Waals surface area contributed by atoms with E-state index >= 15 is 0 Å². The van der Waals surface area contributed by atoms with Crippen LogP contribution in [0, 0.1) is 0 Å². The second-order valence-corrected chi connectivity index (χ2v) is 2.83. The number of nitrogens with one attached hydrogen (secondary N) is 1. The Morgan fingerprint density at radius 2 is 2.17 bits per heavy atom. The van der Waals surface area contributed by atoms with Gasteiger partial charge in [0.05, 0.1) is 0 Å². The zero-order valence-electron chi connectivity index (χ0n) is 7.97. The van der Waals surface area contributed by atoms with Crippen LogP contribution in [-0.4, -0.2) is 12.1 Å². The molecule has 0 unspecified atom stereocenters. The Hall–Kier alpha value is -0.860. The lowest BCUT2D eigenvalue weighted by atomic mass is 10.2. The fraction of sp³-hybridized carbons (Fsp3) is 0.778. The third-order valence-electron chi connectivity index (χ3n) is 1.50. The highest BCUT2D eigenvalue weighted by molar-refractivity contribution is 5.73. The van der Waals surface area contributed by atoms with Gasteiger partial charge < -0.3 is 0 Å². The average Bonchev–Trinajstić information content (AvgIpc) is 2.02. The van der Waals surface area contributed by atoms with Gasteiger partial charge in [-0.25, -0.2) is 5.43 Å². The molecule has 3 nitrogen and oxygen atoms in total. The van der Waals surface area contributed by atoms with Crippen LogP contribution < -0.4 is 5.43 Å². The number of nitrogens with zero attached hydrogens (tertiary/aromatic N) is 1. The van der Waals surface area contributed by atoms with Crippen molar-refractivity contribution >= 4 is 12.1 Å². The molecule has 0 aliphatic carbocycles. The largest absolute Gasteiger partial charge is 0.274 e. The summed E-state index contributed by atoms with van der Waals surface area (Å²) in [7, 11) is 0. The number of amides is 1. The van der Waals surface area contributed by atoms with Gasteiger partial charge in [0.1, 0.15) is 0 Å². The first-order chi connectivity index (χ1) is 5.77. The third-order valence-corrected chi connectivity index (χ3v) is 1.50. The summed E-state index contributed by atoms with van der Waals surface area (Å²) in [6.45, 7) is 3.64. The van der Waals surface area contributed by atoms with Crippen LogP contribution in [0.2, 0.25) is 0 Å². The summed E-state index contributed by atoms with van der Waals surface area (Å²) in [4.78, 5) is 10.4. The van der Waals surface area contributed by atoms with Crippen LogP contribution in [0.4, 0.5) is 0 Å². The standard InChI is InChI=1S/C9H18N2O/c1-3-4-5-6-7-8-10-11-9(2)12/h8H,3-7H2,1-2H3,(H,11,12). The highest BCUT2D eigenvalue weighted by Gasteiger charge is 1.85. The summed E-state index contributed by atoms with van der Waals surface area (Å²) in [6.07, 6.45) is 7.67. The molecule has 0 bridgehead atoms. The molecule has 0 aromatic rings. The molecular formula is C9H18N2O. The molecule has 0 atom stereocenters. The Labute approximate surface area is 74.2 Å². The van der Waals surface area contributed by atoms with Gasteiger partial charge in [0.15, 0.2) is 0 Å². The van der Waals surface area contributed by atoms with E-state index in [9.17, 15) is 4.79 Å². The molecule has 0 saturated carbocycles. The van der Waals surface area contributed by atoms with Crippen molar-refractivity contribution in [2.24, 2.45) is 5.10 Å². The van der Waals surface area contributed by atoms with Crippen LogP contribution in [0.15, 0.2) is 5.10 Å². The maximum absolute atomic E-state index is 10.4. The molecular weight excluding hydrogens is 152 g/mol. The van der Waals surface area contributed by atoms with E-state index in [-0.39, 0.29) is 5.91 Å². The van der Waals surface area contributed by atoms with Gasteiger partial charge in [-0.2, -0.15) is 5.10 Å². The number of hydrazone groups is 1. The van der Waals surface area contributed by atoms with Gasteiger partial charge in [-0.1, -0.05) is 26.2 Å². The van der Waals surface area contributed by atoms with Crippen molar-refractivity contribution in [3.63, 3.8) is 0 Å². The SMILES string of the molecule is CCCCCCC=NNC(C)=O. The zero-order chi connectivity index (χ0) is 9.23. The molecule has 0 aliphatic heterocycles. The Balaban J connectivity index is 3.08. The molecule has 12 heavy (non-hydrogen) atoms. The minimum Gasteiger partial charge on any atom is -0.274 e. The van der Waals surface area contributed by atoms with Gasteiger partial charge in [-0.05, 0) is 12.8 Å². The lowest BCUT2D eigenvalue weighted by Gasteiger charge is -1.94. The minimum atomic E-state index is -0.111. The molecule has 1 amide bonds. The molecule has 0 fully saturated rings. The highest BCUT2D eigenvalue weighted by atomic mass is 16.2. The smallest absolute Gasteiger partial charge is 0.236 e. The molecule has 1 N–H and O–H groups in total. The monoisotopic (exact) mass is 170 g/mol. The fourth-order valence-corrected chi connectivity index (χ4v) is 0.863. The van der Waals surface area contributed by atoms with E-state index in [1.807, 2.05) is 0 Å². The highest BCUT2D eigenvalue weighted by Crippen LogP contribution is 1.99. The van der Waals surface area contributed by atoms with Crippen LogP contribution in [0.5, 0.6) is 0 Å². The van der Waals surface area contributed by atoms with Gasteiger partial charge in [0.2, 0.25) is 5.91 Å². The first-order valence-corrected chi connectivity index (χ1v) is 4.55. The van der Waals surface area contributed by atoms with Crippen molar-refractivity contribution in [1.29, 1.82) is 0 Å². The minimum absolute atomic E-state index is 0.111. The van der Waals surface area contributed by atoms with Gasteiger partial charge in [0.25, 0.3) is 0 Å². The maximum atomic E-state index is 10.4. The van der Waals surface area contributed by atoms with Crippen LogP contribution >= 0.6 is 0 Å². The van der Waals surface area contributed by atoms with E-state index in [2.05, 4.69) is 17.5 Å². The van der Waals surface area contributed by atoms with Gasteiger partial charge in [-0.15, -0.1) is 0 Å². The molecule has 0 radical (unpaired) electrons. The normalized spacial score (nSPS) is 10.5. The molecule has 0 saturated heterocycles. The van der Waals surface area contributed by atoms with E-state index in [0.717, 1.165) is 12.8 Å². The number of rotatable bonds is 6. The van der Waals surface area contributed by atoms with Gasteiger partial charge in [0, 0.05) is 13.1 Å². The summed E-state index contributed by atoms with van der Waals surface area (Å²) in [5.74, 6) is -0.111. The summed E-state index contributed by atoms with van der Waals surface area (Å²) in [5, 5.41) is 3.74. The number of carbonyl (C=O) groups is 1. The Kier molecular flexibility index (Phi) is 7.65. The third kappa shape index (κ3) is 9.14. The van der Waals surface area contributed by atoms with E-state index in [1.165, 1.54) is 26.2 Å². The van der Waals surface area contributed by atoms with Crippen LogP contribution in [0.3, 0.4) is 0 Å². The van der Waals surface area contributed by atoms with Gasteiger partial charge >= 0.3 is 0 Å². The Morgan fingerprint density at radius 1 is 1.42 bits per heavy atom. The van der Waals surface area contributed by atoms with Crippen molar-refractivity contribution in [3.05, 3.63) is 0 Å². The molecule has 3 heteroatoms. The fourth-order valence-electron chi connectivity index (χ4n) is 0.863. The van der Waals surface area contributed by atoms with Crippen molar-refractivity contribution in [3.8, 4) is 0 Å².